The molecule has 2 aliphatic carbocycles. The van der Waals surface area contributed by atoms with Crippen molar-refractivity contribution in [1.29, 1.82) is 0 Å². The lowest BCUT2D eigenvalue weighted by Gasteiger charge is -2.39. The SMILES string of the molecule is Cc1cc(C)c(S(=O)(=O)N[C@@H]2[C@H]3CC[C@@](C)([C@@H]2OC(=O)C(=O)c2ccccc2)C3(C)C)c(C)c1. The van der Waals surface area contributed by atoms with Gasteiger partial charge in [0.15, 0.2) is 0 Å². The fourth-order valence-corrected chi connectivity index (χ4v) is 8.09. The number of ketones is 1. The molecule has 2 fully saturated rings. The Hall–Kier alpha value is -2.51. The number of benzene rings is 2. The third-order valence-corrected chi connectivity index (χ3v) is 10.1. The van der Waals surface area contributed by atoms with Crippen molar-refractivity contribution in [2.24, 2.45) is 16.7 Å². The van der Waals surface area contributed by atoms with Crippen LogP contribution >= 0.6 is 0 Å². The lowest BCUT2D eigenvalue weighted by atomic mass is 9.70. The van der Waals surface area contributed by atoms with Crippen LogP contribution in [0.1, 0.15) is 60.7 Å². The number of sulfonamides is 1. The number of esters is 1. The zero-order chi connectivity index (χ0) is 25.1. The molecule has 2 aromatic rings. The minimum atomic E-state index is -3.89. The Kier molecular flexibility index (Phi) is 6.01. The van der Waals surface area contributed by atoms with Gasteiger partial charge in [-0.05, 0) is 56.1 Å². The van der Waals surface area contributed by atoms with Gasteiger partial charge in [0.2, 0.25) is 10.0 Å². The van der Waals surface area contributed by atoms with Crippen LogP contribution in [0.3, 0.4) is 0 Å². The van der Waals surface area contributed by atoms with E-state index in [2.05, 4.69) is 18.6 Å². The number of aryl methyl sites for hydroxylation is 3. The number of nitrogens with one attached hydrogen (secondary N) is 1. The Balaban J connectivity index is 1.68. The fraction of sp³-hybridized carbons (Fsp3) is 0.481. The van der Waals surface area contributed by atoms with E-state index in [-0.39, 0.29) is 21.8 Å². The van der Waals surface area contributed by atoms with E-state index in [9.17, 15) is 18.0 Å². The average molecular weight is 484 g/mol. The van der Waals surface area contributed by atoms with E-state index >= 15 is 0 Å². The van der Waals surface area contributed by atoms with Crippen molar-refractivity contribution >= 4 is 21.8 Å². The molecule has 0 unspecified atom stereocenters. The molecule has 0 amide bonds. The lowest BCUT2D eigenvalue weighted by molar-refractivity contribution is -0.152. The van der Waals surface area contributed by atoms with Crippen molar-refractivity contribution in [2.75, 3.05) is 0 Å². The van der Waals surface area contributed by atoms with Gasteiger partial charge in [-0.1, -0.05) is 68.8 Å². The lowest BCUT2D eigenvalue weighted by Crippen LogP contribution is -2.51. The summed E-state index contributed by atoms with van der Waals surface area (Å²) < 4.78 is 36.0. The molecule has 0 saturated heterocycles. The number of fused-ring (bicyclic) bond motifs is 2. The first-order valence-corrected chi connectivity index (χ1v) is 13.2. The summed E-state index contributed by atoms with van der Waals surface area (Å²) >= 11 is 0. The maximum absolute atomic E-state index is 13.6. The molecule has 4 atom stereocenters. The van der Waals surface area contributed by atoms with Crippen molar-refractivity contribution in [2.45, 2.75) is 71.4 Å². The van der Waals surface area contributed by atoms with Gasteiger partial charge in [0.25, 0.3) is 5.78 Å². The average Bonchev–Trinajstić information content (AvgIpc) is 3.05. The van der Waals surface area contributed by atoms with Crippen molar-refractivity contribution < 1.29 is 22.7 Å². The summed E-state index contributed by atoms with van der Waals surface area (Å²) in [5.41, 5.74) is 1.85. The number of rotatable bonds is 6. The maximum Gasteiger partial charge on any atom is 0.380 e. The second-order valence-corrected chi connectivity index (χ2v) is 12.3. The van der Waals surface area contributed by atoms with E-state index in [1.54, 1.807) is 44.2 Å². The van der Waals surface area contributed by atoms with E-state index < -0.39 is 39.3 Å². The van der Waals surface area contributed by atoms with Gasteiger partial charge in [0.1, 0.15) is 6.10 Å². The zero-order valence-corrected chi connectivity index (χ0v) is 21.5. The van der Waals surface area contributed by atoms with Crippen molar-refractivity contribution in [3.8, 4) is 0 Å². The highest BCUT2D eigenvalue weighted by Crippen LogP contribution is 2.66. The largest absolute Gasteiger partial charge is 0.454 e. The van der Waals surface area contributed by atoms with E-state index in [1.165, 1.54) is 0 Å². The van der Waals surface area contributed by atoms with Crippen LogP contribution in [0.4, 0.5) is 0 Å². The molecule has 0 radical (unpaired) electrons. The summed E-state index contributed by atoms with van der Waals surface area (Å²) in [5.74, 6) is -1.70. The van der Waals surface area contributed by atoms with Crippen molar-refractivity contribution in [1.82, 2.24) is 4.72 Å². The number of carbonyl (C=O) groups is 2. The molecule has 2 bridgehead atoms. The summed E-state index contributed by atoms with van der Waals surface area (Å²) in [4.78, 5) is 25.9. The molecule has 0 aromatic heterocycles. The molecular formula is C27H33NO5S. The van der Waals surface area contributed by atoms with Gasteiger partial charge >= 0.3 is 5.97 Å². The van der Waals surface area contributed by atoms with Crippen molar-refractivity contribution in [3.05, 3.63) is 64.7 Å². The third-order valence-electron chi connectivity index (χ3n) is 8.38. The molecule has 2 saturated carbocycles. The van der Waals surface area contributed by atoms with Crippen LogP contribution in [0.5, 0.6) is 0 Å². The highest BCUT2D eigenvalue weighted by Gasteiger charge is 2.68. The Bertz CT molecular complexity index is 1230. The number of carbonyl (C=O) groups excluding carboxylic acids is 2. The van der Waals surface area contributed by atoms with Gasteiger partial charge in [-0.25, -0.2) is 17.9 Å². The van der Waals surface area contributed by atoms with Gasteiger partial charge < -0.3 is 4.74 Å². The number of hydrogen-bond acceptors (Lipinski definition) is 5. The molecule has 4 rings (SSSR count). The predicted octanol–water partition coefficient (Wildman–Crippen LogP) is 4.51. The molecule has 2 aliphatic rings. The molecule has 1 N–H and O–H groups in total. The second kappa shape index (κ2) is 8.31. The first-order chi connectivity index (χ1) is 15.8. The summed E-state index contributed by atoms with van der Waals surface area (Å²) in [6.45, 7) is 11.7. The van der Waals surface area contributed by atoms with Gasteiger partial charge in [-0.2, -0.15) is 0 Å². The van der Waals surface area contributed by atoms with Crippen LogP contribution in [0, 0.1) is 37.5 Å². The standard InChI is InChI=1S/C27H33NO5S/c1-16-14-17(2)23(18(3)15-16)34(31,32)28-21-20-12-13-27(6,26(20,4)5)24(21)33-25(30)22(29)19-10-8-7-9-11-19/h7-11,14-15,20-21,24,28H,12-13H2,1-6H3/t20-,21-,24-,27+/m1/s1. The summed E-state index contributed by atoms with van der Waals surface area (Å²) in [6, 6.07) is 11.4. The molecular weight excluding hydrogens is 450 g/mol. The molecule has 34 heavy (non-hydrogen) atoms. The van der Waals surface area contributed by atoms with Crippen LogP contribution in [-0.4, -0.2) is 32.3 Å². The number of ether oxygens (including phenoxy) is 1. The normalized spacial score (nSPS) is 27.5. The number of Topliss-reactive ketones (excluding diaryl/α,β-unsaturated/α-hetero) is 1. The minimum Gasteiger partial charge on any atom is -0.454 e. The van der Waals surface area contributed by atoms with Crippen LogP contribution in [0.2, 0.25) is 0 Å². The molecule has 0 spiro atoms. The van der Waals surface area contributed by atoms with E-state index in [0.29, 0.717) is 11.1 Å². The monoisotopic (exact) mass is 483 g/mol. The Morgan fingerprint density at radius 3 is 2.18 bits per heavy atom. The molecule has 6 nitrogen and oxygen atoms in total. The van der Waals surface area contributed by atoms with Gasteiger partial charge in [-0.3, -0.25) is 4.79 Å². The Morgan fingerprint density at radius 1 is 1.00 bits per heavy atom. The van der Waals surface area contributed by atoms with Crippen LogP contribution in [0.15, 0.2) is 47.4 Å². The van der Waals surface area contributed by atoms with Crippen LogP contribution < -0.4 is 4.72 Å². The van der Waals surface area contributed by atoms with Crippen molar-refractivity contribution in [3.63, 3.8) is 0 Å². The first kappa shape index (κ1) is 24.6. The third kappa shape index (κ3) is 3.79. The van der Waals surface area contributed by atoms with Crippen LogP contribution in [0.25, 0.3) is 0 Å². The Labute approximate surface area is 202 Å². The second-order valence-electron chi connectivity index (χ2n) is 10.7. The summed E-state index contributed by atoms with van der Waals surface area (Å²) in [7, 11) is -3.89. The van der Waals surface area contributed by atoms with Gasteiger partial charge in [-0.15, -0.1) is 0 Å². The topological polar surface area (TPSA) is 89.5 Å². The fourth-order valence-electron chi connectivity index (χ4n) is 6.36. The quantitative estimate of drug-likeness (QED) is 0.371. The maximum atomic E-state index is 13.6. The van der Waals surface area contributed by atoms with Crippen LogP contribution in [-0.2, 0) is 19.6 Å². The van der Waals surface area contributed by atoms with E-state index in [4.69, 9.17) is 4.74 Å². The predicted molar refractivity (Wildman–Crippen MR) is 130 cm³/mol. The highest BCUT2D eigenvalue weighted by atomic mass is 32.2. The highest BCUT2D eigenvalue weighted by molar-refractivity contribution is 7.89. The van der Waals surface area contributed by atoms with E-state index in [1.807, 2.05) is 26.0 Å². The van der Waals surface area contributed by atoms with E-state index in [0.717, 1.165) is 18.4 Å². The number of hydrogen-bond donors (Lipinski definition) is 1. The molecule has 2 aromatic carbocycles. The smallest absolute Gasteiger partial charge is 0.380 e. The first-order valence-electron chi connectivity index (χ1n) is 11.7. The minimum absolute atomic E-state index is 0.0250. The molecule has 0 heterocycles. The zero-order valence-electron chi connectivity index (χ0n) is 20.6. The molecule has 0 aliphatic heterocycles. The summed E-state index contributed by atoms with van der Waals surface area (Å²) in [6.07, 6.45) is 0.869. The summed E-state index contributed by atoms with van der Waals surface area (Å²) in [5, 5.41) is 0. The molecule has 7 heteroatoms. The Morgan fingerprint density at radius 2 is 1.59 bits per heavy atom. The van der Waals surface area contributed by atoms with Gasteiger partial charge in [0.05, 0.1) is 10.9 Å². The van der Waals surface area contributed by atoms with Gasteiger partial charge in [0, 0.05) is 11.0 Å². The molecule has 182 valence electrons.